The standard InChI is InChI=1S/C10H13NO5S/c1-11(17(13)14)8-6-7(10(12)16-3)4-5-9(8)15-2/h4-6,17H,1-3H3. The highest BCUT2D eigenvalue weighted by Gasteiger charge is 2.14. The summed E-state index contributed by atoms with van der Waals surface area (Å²) in [6.07, 6.45) is 0. The van der Waals surface area contributed by atoms with Gasteiger partial charge in [-0.3, -0.25) is 4.31 Å². The Balaban J connectivity index is 3.29. The van der Waals surface area contributed by atoms with Crippen molar-refractivity contribution >= 4 is 22.5 Å². The van der Waals surface area contributed by atoms with E-state index in [1.54, 1.807) is 0 Å². The Kier molecular flexibility index (Phi) is 4.33. The van der Waals surface area contributed by atoms with E-state index < -0.39 is 16.9 Å². The molecule has 0 atom stereocenters. The van der Waals surface area contributed by atoms with Gasteiger partial charge in [-0.2, -0.15) is 0 Å². The summed E-state index contributed by atoms with van der Waals surface area (Å²) < 4.78 is 32.4. The molecule has 0 radical (unpaired) electrons. The van der Waals surface area contributed by atoms with Gasteiger partial charge in [0.2, 0.25) is 10.9 Å². The van der Waals surface area contributed by atoms with E-state index >= 15 is 0 Å². The molecule has 1 aromatic rings. The van der Waals surface area contributed by atoms with E-state index in [4.69, 9.17) is 4.74 Å². The molecule has 0 aliphatic heterocycles. The molecule has 0 fully saturated rings. The molecule has 1 aromatic carbocycles. The maximum Gasteiger partial charge on any atom is 0.337 e. The monoisotopic (exact) mass is 259 g/mol. The van der Waals surface area contributed by atoms with Crippen molar-refractivity contribution in [3.63, 3.8) is 0 Å². The van der Waals surface area contributed by atoms with Crippen LogP contribution in [-0.4, -0.2) is 35.7 Å². The molecule has 1 rings (SSSR count). The van der Waals surface area contributed by atoms with Gasteiger partial charge in [-0.25, -0.2) is 13.2 Å². The largest absolute Gasteiger partial charge is 0.495 e. The molecule has 0 aliphatic rings. The van der Waals surface area contributed by atoms with Gasteiger partial charge in [0, 0.05) is 7.05 Å². The normalized spacial score (nSPS) is 10.1. The van der Waals surface area contributed by atoms with Gasteiger partial charge in [-0.15, -0.1) is 0 Å². The lowest BCUT2D eigenvalue weighted by molar-refractivity contribution is 0.0600. The van der Waals surface area contributed by atoms with E-state index in [1.807, 2.05) is 0 Å². The number of nitrogens with zero attached hydrogens (tertiary/aromatic N) is 1. The Morgan fingerprint density at radius 2 is 1.94 bits per heavy atom. The summed E-state index contributed by atoms with van der Waals surface area (Å²) in [6.45, 7) is 0. The number of hydrogen-bond acceptors (Lipinski definition) is 5. The van der Waals surface area contributed by atoms with Crippen molar-refractivity contribution in [2.75, 3.05) is 25.6 Å². The predicted molar refractivity (Wildman–Crippen MR) is 63.1 cm³/mol. The van der Waals surface area contributed by atoms with Crippen LogP contribution in [0.1, 0.15) is 10.4 Å². The van der Waals surface area contributed by atoms with Crippen LogP contribution in [0.25, 0.3) is 0 Å². The summed E-state index contributed by atoms with van der Waals surface area (Å²) in [6, 6.07) is 4.41. The average Bonchev–Trinajstić information content (AvgIpc) is 2.35. The molecule has 17 heavy (non-hydrogen) atoms. The van der Waals surface area contributed by atoms with Gasteiger partial charge in [0.05, 0.1) is 25.5 Å². The van der Waals surface area contributed by atoms with Crippen molar-refractivity contribution in [2.24, 2.45) is 0 Å². The maximum absolute atomic E-state index is 11.3. The van der Waals surface area contributed by atoms with Crippen LogP contribution in [0, 0.1) is 0 Å². The van der Waals surface area contributed by atoms with Crippen molar-refractivity contribution in [1.82, 2.24) is 0 Å². The topological polar surface area (TPSA) is 72.9 Å². The SMILES string of the molecule is COC(=O)c1ccc(OC)c(N(C)[SH](=O)=O)c1. The lowest BCUT2D eigenvalue weighted by Crippen LogP contribution is -2.16. The first-order chi connectivity index (χ1) is 8.01. The molecule has 0 heterocycles. The minimum atomic E-state index is -2.79. The fourth-order valence-corrected chi connectivity index (χ4v) is 1.61. The Labute approximate surface area is 101 Å². The molecule has 0 amide bonds. The number of esters is 1. The van der Waals surface area contributed by atoms with Gasteiger partial charge in [0.25, 0.3) is 0 Å². The second-order valence-corrected chi connectivity index (χ2v) is 4.22. The third-order valence-electron chi connectivity index (χ3n) is 2.19. The van der Waals surface area contributed by atoms with E-state index in [9.17, 15) is 13.2 Å². The Bertz CT molecular complexity index is 489. The molecule has 0 aliphatic carbocycles. The fourth-order valence-electron chi connectivity index (χ4n) is 1.28. The number of carbonyl (C=O) groups is 1. The zero-order valence-corrected chi connectivity index (χ0v) is 10.6. The van der Waals surface area contributed by atoms with Crippen molar-refractivity contribution in [3.05, 3.63) is 23.8 Å². The summed E-state index contributed by atoms with van der Waals surface area (Å²) in [5.41, 5.74) is 0.540. The first-order valence-electron chi connectivity index (χ1n) is 4.65. The van der Waals surface area contributed by atoms with Gasteiger partial charge in [-0.05, 0) is 18.2 Å². The highest BCUT2D eigenvalue weighted by Crippen LogP contribution is 2.28. The van der Waals surface area contributed by atoms with Crippen LogP contribution in [0.4, 0.5) is 5.69 Å². The van der Waals surface area contributed by atoms with E-state index in [2.05, 4.69) is 4.74 Å². The highest BCUT2D eigenvalue weighted by atomic mass is 32.2. The molecule has 0 saturated carbocycles. The maximum atomic E-state index is 11.3. The Morgan fingerprint density at radius 3 is 2.41 bits per heavy atom. The highest BCUT2D eigenvalue weighted by molar-refractivity contribution is 7.74. The summed E-state index contributed by atoms with van der Waals surface area (Å²) >= 11 is 0. The van der Waals surface area contributed by atoms with Gasteiger partial charge in [-0.1, -0.05) is 0 Å². The summed E-state index contributed by atoms with van der Waals surface area (Å²) in [5.74, 6) is -0.178. The number of anilines is 1. The van der Waals surface area contributed by atoms with Crippen molar-refractivity contribution < 1.29 is 22.7 Å². The van der Waals surface area contributed by atoms with Crippen molar-refractivity contribution in [3.8, 4) is 5.75 Å². The van der Waals surface area contributed by atoms with Crippen LogP contribution >= 0.6 is 0 Å². The molecule has 94 valence electrons. The summed E-state index contributed by atoms with van der Waals surface area (Å²) in [7, 11) is 1.24. The second kappa shape index (κ2) is 5.53. The number of carbonyl (C=O) groups excluding carboxylic acids is 1. The second-order valence-electron chi connectivity index (χ2n) is 3.14. The van der Waals surface area contributed by atoms with Gasteiger partial charge in [0.1, 0.15) is 5.75 Å². The number of hydrogen-bond donors (Lipinski definition) is 1. The minimum absolute atomic E-state index is 0.256. The van der Waals surface area contributed by atoms with E-state index in [0.717, 1.165) is 4.31 Å². The molecular formula is C10H13NO5S. The molecule has 7 heteroatoms. The number of methoxy groups -OCH3 is 2. The first-order valence-corrected chi connectivity index (χ1v) is 5.78. The number of benzene rings is 1. The molecule has 0 saturated heterocycles. The van der Waals surface area contributed by atoms with E-state index in [0.29, 0.717) is 5.75 Å². The molecule has 0 N–H and O–H groups in total. The predicted octanol–water partition coefficient (Wildman–Crippen LogP) is 0.444. The number of ether oxygens (including phenoxy) is 2. The van der Waals surface area contributed by atoms with Crippen molar-refractivity contribution in [2.45, 2.75) is 0 Å². The van der Waals surface area contributed by atoms with Crippen LogP contribution < -0.4 is 9.04 Å². The zero-order chi connectivity index (χ0) is 13.0. The van der Waals surface area contributed by atoms with Crippen LogP contribution in [0.2, 0.25) is 0 Å². The summed E-state index contributed by atoms with van der Waals surface area (Å²) in [4.78, 5) is 11.3. The fraction of sp³-hybridized carbons (Fsp3) is 0.300. The lowest BCUT2D eigenvalue weighted by Gasteiger charge is -2.15. The van der Waals surface area contributed by atoms with E-state index in [1.165, 1.54) is 39.5 Å². The van der Waals surface area contributed by atoms with Gasteiger partial charge >= 0.3 is 5.97 Å². The van der Waals surface area contributed by atoms with Crippen LogP contribution in [0.3, 0.4) is 0 Å². The van der Waals surface area contributed by atoms with Gasteiger partial charge in [0.15, 0.2) is 0 Å². The summed E-state index contributed by atoms with van der Waals surface area (Å²) in [5, 5.41) is 0. The molecule has 0 spiro atoms. The third-order valence-corrected chi connectivity index (χ3v) is 2.90. The van der Waals surface area contributed by atoms with Crippen LogP contribution in [0.5, 0.6) is 5.75 Å². The number of thiol groups is 1. The molecule has 0 aromatic heterocycles. The third kappa shape index (κ3) is 2.88. The van der Waals surface area contributed by atoms with Gasteiger partial charge < -0.3 is 9.47 Å². The minimum Gasteiger partial charge on any atom is -0.495 e. The molecule has 0 bridgehead atoms. The van der Waals surface area contributed by atoms with E-state index in [-0.39, 0.29) is 11.3 Å². The Morgan fingerprint density at radius 1 is 1.29 bits per heavy atom. The lowest BCUT2D eigenvalue weighted by atomic mass is 10.2. The average molecular weight is 259 g/mol. The first kappa shape index (κ1) is 13.3. The van der Waals surface area contributed by atoms with Crippen LogP contribution in [-0.2, 0) is 15.6 Å². The zero-order valence-electron chi connectivity index (χ0n) is 9.67. The van der Waals surface area contributed by atoms with Crippen molar-refractivity contribution in [1.29, 1.82) is 0 Å². The molecular weight excluding hydrogens is 246 g/mol. The smallest absolute Gasteiger partial charge is 0.337 e. The van der Waals surface area contributed by atoms with Crippen LogP contribution in [0.15, 0.2) is 18.2 Å². The molecule has 0 unspecified atom stereocenters. The number of rotatable bonds is 4. The quantitative estimate of drug-likeness (QED) is 0.627. The molecule has 6 nitrogen and oxygen atoms in total. The Hall–Kier alpha value is -1.76.